The zero-order chi connectivity index (χ0) is 15.0. The first-order valence-corrected chi connectivity index (χ1v) is 9.23. The Labute approximate surface area is 127 Å². The lowest BCUT2D eigenvalue weighted by Crippen LogP contribution is -2.37. The predicted octanol–water partition coefficient (Wildman–Crippen LogP) is 0.598. The van der Waals surface area contributed by atoms with Crippen molar-refractivity contribution >= 4 is 32.1 Å². The first-order valence-electron chi connectivity index (χ1n) is 6.86. The maximum atomic E-state index is 12.5. The minimum Gasteiger partial charge on any atom is -0.381 e. The van der Waals surface area contributed by atoms with E-state index in [1.165, 1.54) is 15.7 Å². The molecule has 0 unspecified atom stereocenters. The molecule has 116 valence electrons. The summed E-state index contributed by atoms with van der Waals surface area (Å²) in [6, 6.07) is 0. The summed E-state index contributed by atoms with van der Waals surface area (Å²) in [4.78, 5) is 6.93. The van der Waals surface area contributed by atoms with Gasteiger partial charge >= 0.3 is 0 Å². The van der Waals surface area contributed by atoms with Crippen LogP contribution in [0.2, 0.25) is 0 Å². The SMILES string of the molecule is CN1CCC(CNS(=O)(=O)c2c(N)nc3sccn23)CC1. The van der Waals surface area contributed by atoms with E-state index in [-0.39, 0.29) is 10.8 Å². The summed E-state index contributed by atoms with van der Waals surface area (Å²) in [5, 5.41) is 1.84. The Morgan fingerprint density at radius 1 is 1.48 bits per heavy atom. The average molecular weight is 329 g/mol. The molecule has 1 aliphatic rings. The van der Waals surface area contributed by atoms with Gasteiger partial charge in [0.1, 0.15) is 0 Å². The zero-order valence-electron chi connectivity index (χ0n) is 11.8. The third-order valence-corrected chi connectivity index (χ3v) is 6.12. The summed E-state index contributed by atoms with van der Waals surface area (Å²) in [5.41, 5.74) is 5.76. The number of nitrogens with zero attached hydrogens (tertiary/aromatic N) is 3. The highest BCUT2D eigenvalue weighted by Gasteiger charge is 2.26. The lowest BCUT2D eigenvalue weighted by molar-refractivity contribution is 0.220. The van der Waals surface area contributed by atoms with Crippen LogP contribution in [0, 0.1) is 5.92 Å². The molecule has 7 nitrogen and oxygen atoms in total. The fourth-order valence-corrected chi connectivity index (χ4v) is 4.71. The van der Waals surface area contributed by atoms with Crippen LogP contribution >= 0.6 is 11.3 Å². The van der Waals surface area contributed by atoms with Gasteiger partial charge in [0, 0.05) is 18.1 Å². The second-order valence-electron chi connectivity index (χ2n) is 5.46. The van der Waals surface area contributed by atoms with Gasteiger partial charge in [-0.3, -0.25) is 4.40 Å². The molecule has 3 heterocycles. The fourth-order valence-electron chi connectivity index (χ4n) is 2.61. The van der Waals surface area contributed by atoms with Crippen molar-refractivity contribution in [1.29, 1.82) is 0 Å². The van der Waals surface area contributed by atoms with Crippen LogP contribution in [0.5, 0.6) is 0 Å². The number of sulfonamides is 1. The van der Waals surface area contributed by atoms with Crippen LogP contribution in [0.15, 0.2) is 16.6 Å². The normalized spacial score (nSPS) is 18.5. The highest BCUT2D eigenvalue weighted by Crippen LogP contribution is 2.23. The van der Waals surface area contributed by atoms with Gasteiger partial charge in [-0.2, -0.15) is 0 Å². The Hall–Kier alpha value is -1.16. The second kappa shape index (κ2) is 5.56. The van der Waals surface area contributed by atoms with Gasteiger partial charge in [0.05, 0.1) is 0 Å². The molecule has 0 atom stereocenters. The number of anilines is 1. The maximum Gasteiger partial charge on any atom is 0.260 e. The minimum absolute atomic E-state index is 0.0478. The Morgan fingerprint density at radius 3 is 2.90 bits per heavy atom. The van der Waals surface area contributed by atoms with Crippen LogP contribution in [0.1, 0.15) is 12.8 Å². The van der Waals surface area contributed by atoms with Crippen LogP contribution in [0.3, 0.4) is 0 Å². The molecule has 0 bridgehead atoms. The molecule has 0 radical (unpaired) electrons. The number of piperidine rings is 1. The molecular formula is C12H19N5O2S2. The van der Waals surface area contributed by atoms with Crippen molar-refractivity contribution in [3.05, 3.63) is 11.6 Å². The molecule has 1 fully saturated rings. The third kappa shape index (κ3) is 2.91. The van der Waals surface area contributed by atoms with E-state index in [9.17, 15) is 8.42 Å². The summed E-state index contributed by atoms with van der Waals surface area (Å²) in [5.74, 6) is 0.431. The lowest BCUT2D eigenvalue weighted by Gasteiger charge is -2.28. The number of nitrogens with one attached hydrogen (secondary N) is 1. The number of hydrogen-bond donors (Lipinski definition) is 2. The highest BCUT2D eigenvalue weighted by atomic mass is 32.2. The summed E-state index contributed by atoms with van der Waals surface area (Å²) in [7, 11) is -1.55. The van der Waals surface area contributed by atoms with Gasteiger partial charge in [-0.05, 0) is 38.9 Å². The van der Waals surface area contributed by atoms with E-state index in [1.807, 2.05) is 0 Å². The largest absolute Gasteiger partial charge is 0.381 e. The van der Waals surface area contributed by atoms with Crippen molar-refractivity contribution in [3.8, 4) is 0 Å². The van der Waals surface area contributed by atoms with Crippen molar-refractivity contribution in [2.75, 3.05) is 32.4 Å². The summed E-state index contributed by atoms with van der Waals surface area (Å²) in [6.07, 6.45) is 3.69. The number of nitrogens with two attached hydrogens (primary N) is 1. The molecule has 1 aliphatic heterocycles. The number of aromatic nitrogens is 2. The summed E-state index contributed by atoms with van der Waals surface area (Å²) < 4.78 is 29.2. The standard InChI is InChI=1S/C12H19N5O2S2/c1-16-4-2-9(3-5-16)8-14-21(18,19)11-10(13)15-12-17(11)6-7-20-12/h6-7,9,14H,2-5,8,13H2,1H3. The Kier molecular flexibility index (Phi) is 3.91. The van der Waals surface area contributed by atoms with Gasteiger partial charge in [0.15, 0.2) is 15.8 Å². The monoisotopic (exact) mass is 329 g/mol. The van der Waals surface area contributed by atoms with Crippen LogP contribution in [-0.4, -0.2) is 49.4 Å². The molecule has 3 rings (SSSR count). The summed E-state index contributed by atoms with van der Waals surface area (Å²) in [6.45, 7) is 2.47. The van der Waals surface area contributed by atoms with Crippen molar-refractivity contribution in [1.82, 2.24) is 19.0 Å². The van der Waals surface area contributed by atoms with E-state index in [1.54, 1.807) is 11.6 Å². The molecule has 3 N–H and O–H groups in total. The quantitative estimate of drug-likeness (QED) is 0.857. The number of imidazole rings is 1. The number of nitrogen functional groups attached to an aromatic ring is 1. The van der Waals surface area contributed by atoms with Crippen LogP contribution < -0.4 is 10.5 Å². The molecule has 0 aliphatic carbocycles. The molecule has 0 aromatic carbocycles. The van der Waals surface area contributed by atoms with Gasteiger partial charge in [-0.1, -0.05) is 0 Å². The minimum atomic E-state index is -3.64. The van der Waals surface area contributed by atoms with Gasteiger partial charge < -0.3 is 10.6 Å². The van der Waals surface area contributed by atoms with E-state index in [0.717, 1.165) is 25.9 Å². The Morgan fingerprint density at radius 2 is 2.19 bits per heavy atom. The molecule has 1 saturated heterocycles. The van der Waals surface area contributed by atoms with E-state index in [4.69, 9.17) is 5.73 Å². The first kappa shape index (κ1) is 14.8. The molecule has 21 heavy (non-hydrogen) atoms. The molecule has 2 aromatic heterocycles. The molecule has 0 saturated carbocycles. The lowest BCUT2D eigenvalue weighted by atomic mass is 9.98. The van der Waals surface area contributed by atoms with Crippen molar-refractivity contribution in [3.63, 3.8) is 0 Å². The third-order valence-electron chi connectivity index (χ3n) is 3.90. The maximum absolute atomic E-state index is 12.5. The Balaban J connectivity index is 1.75. The number of likely N-dealkylation sites (tertiary alicyclic amines) is 1. The van der Waals surface area contributed by atoms with Crippen LogP contribution in [0.25, 0.3) is 4.96 Å². The van der Waals surface area contributed by atoms with Crippen molar-refractivity contribution in [2.45, 2.75) is 17.9 Å². The van der Waals surface area contributed by atoms with Crippen molar-refractivity contribution in [2.24, 2.45) is 5.92 Å². The molecule has 0 amide bonds. The van der Waals surface area contributed by atoms with Crippen LogP contribution in [0.4, 0.5) is 5.82 Å². The first-order chi connectivity index (χ1) is 9.97. The molecule has 2 aromatic rings. The number of thiazole rings is 1. The number of hydrogen-bond acceptors (Lipinski definition) is 6. The smallest absolute Gasteiger partial charge is 0.260 e. The fraction of sp³-hybridized carbons (Fsp3) is 0.583. The number of rotatable bonds is 4. The van der Waals surface area contributed by atoms with Gasteiger partial charge in [-0.25, -0.2) is 18.1 Å². The van der Waals surface area contributed by atoms with Gasteiger partial charge in [-0.15, -0.1) is 11.3 Å². The van der Waals surface area contributed by atoms with Gasteiger partial charge in [0.2, 0.25) is 0 Å². The van der Waals surface area contributed by atoms with E-state index >= 15 is 0 Å². The summed E-state index contributed by atoms with van der Waals surface area (Å²) >= 11 is 1.36. The second-order valence-corrected chi connectivity index (χ2v) is 8.01. The van der Waals surface area contributed by atoms with Crippen LogP contribution in [-0.2, 0) is 10.0 Å². The zero-order valence-corrected chi connectivity index (χ0v) is 13.5. The van der Waals surface area contributed by atoms with Crippen molar-refractivity contribution < 1.29 is 8.42 Å². The highest BCUT2D eigenvalue weighted by molar-refractivity contribution is 7.89. The molecule has 9 heteroatoms. The molecule has 0 spiro atoms. The van der Waals surface area contributed by atoms with E-state index in [2.05, 4.69) is 21.7 Å². The number of fused-ring (bicyclic) bond motifs is 1. The van der Waals surface area contributed by atoms with E-state index in [0.29, 0.717) is 17.4 Å². The Bertz CT molecular complexity index is 728. The van der Waals surface area contributed by atoms with E-state index < -0.39 is 10.0 Å². The topological polar surface area (TPSA) is 92.7 Å². The van der Waals surface area contributed by atoms with Gasteiger partial charge in [0.25, 0.3) is 10.0 Å². The molecular weight excluding hydrogens is 310 g/mol. The predicted molar refractivity (Wildman–Crippen MR) is 82.9 cm³/mol. The average Bonchev–Trinajstić information content (AvgIpc) is 2.97.